The van der Waals surface area contributed by atoms with Crippen LogP contribution in [-0.2, 0) is 6.42 Å². The van der Waals surface area contributed by atoms with Gasteiger partial charge in [0.25, 0.3) is 0 Å². The van der Waals surface area contributed by atoms with Gasteiger partial charge in [-0.2, -0.15) is 0 Å². The summed E-state index contributed by atoms with van der Waals surface area (Å²) in [5.74, 6) is 1.96. The Labute approximate surface area is 176 Å². The highest BCUT2D eigenvalue weighted by Crippen LogP contribution is 2.37. The maximum absolute atomic E-state index is 6.06. The minimum atomic E-state index is 0.157. The lowest BCUT2D eigenvalue weighted by molar-refractivity contribution is 0.222. The van der Waals surface area contributed by atoms with Crippen LogP contribution in [0.1, 0.15) is 54.6 Å². The molecule has 0 aromatic heterocycles. The Morgan fingerprint density at radius 3 is 2.45 bits per heavy atom. The molecule has 0 fully saturated rings. The Bertz CT molecular complexity index is 815. The van der Waals surface area contributed by atoms with Crippen LogP contribution in [0.15, 0.2) is 30.3 Å². The van der Waals surface area contributed by atoms with Crippen molar-refractivity contribution in [3.8, 4) is 11.5 Å². The smallest absolute Gasteiger partial charge is 0.124 e. The van der Waals surface area contributed by atoms with E-state index in [1.54, 1.807) is 0 Å². The van der Waals surface area contributed by atoms with Crippen molar-refractivity contribution in [2.75, 3.05) is 39.4 Å². The van der Waals surface area contributed by atoms with Crippen LogP contribution in [-0.4, -0.2) is 44.3 Å². The number of nitrogens with zero attached hydrogens (tertiary/aromatic N) is 1. The quantitative estimate of drug-likeness (QED) is 0.668. The Morgan fingerprint density at radius 1 is 0.966 bits per heavy atom. The van der Waals surface area contributed by atoms with Gasteiger partial charge in [0.1, 0.15) is 18.1 Å². The third-order valence-electron chi connectivity index (χ3n) is 5.98. The molecule has 4 heteroatoms. The molecule has 4 nitrogen and oxygen atoms in total. The van der Waals surface area contributed by atoms with Crippen LogP contribution in [0.4, 0.5) is 0 Å². The fourth-order valence-electron chi connectivity index (χ4n) is 4.06. The predicted molar refractivity (Wildman–Crippen MR) is 120 cm³/mol. The molecule has 29 heavy (non-hydrogen) atoms. The normalized spacial score (nSPS) is 16.0. The van der Waals surface area contributed by atoms with Crippen LogP contribution < -0.4 is 14.8 Å². The number of hydrogen-bond donors (Lipinski definition) is 1. The number of nitrogens with one attached hydrogen (secondary N) is 1. The standard InChI is InChI=1S/C25H36N2O2/c1-6-27(7-2)13-14-29-21-9-10-22-20(17-21)11-12-26-25(22)23-15-18(4)19(5)16-24(23)28-8-3/h9-10,15-17,25-26H,6-8,11-14H2,1-5H3. The van der Waals surface area contributed by atoms with Gasteiger partial charge < -0.3 is 19.7 Å². The van der Waals surface area contributed by atoms with Gasteiger partial charge in [0.15, 0.2) is 0 Å². The maximum Gasteiger partial charge on any atom is 0.124 e. The number of ether oxygens (including phenoxy) is 2. The van der Waals surface area contributed by atoms with Gasteiger partial charge in [-0.1, -0.05) is 26.0 Å². The second kappa shape index (κ2) is 10.1. The molecule has 0 saturated carbocycles. The molecule has 0 amide bonds. The zero-order chi connectivity index (χ0) is 20.8. The van der Waals surface area contributed by atoms with Crippen molar-refractivity contribution in [2.24, 2.45) is 0 Å². The molecule has 0 radical (unpaired) electrons. The van der Waals surface area contributed by atoms with Crippen LogP contribution in [0.3, 0.4) is 0 Å². The number of likely N-dealkylation sites (N-methyl/N-ethyl adjacent to an activating group) is 1. The Balaban J connectivity index is 1.82. The van der Waals surface area contributed by atoms with E-state index in [0.29, 0.717) is 6.61 Å². The Hall–Kier alpha value is -2.04. The summed E-state index contributed by atoms with van der Waals surface area (Å²) in [5, 5.41) is 3.70. The molecule has 0 saturated heterocycles. The first-order chi connectivity index (χ1) is 14.1. The van der Waals surface area contributed by atoms with Crippen molar-refractivity contribution in [2.45, 2.75) is 47.1 Å². The highest BCUT2D eigenvalue weighted by Gasteiger charge is 2.25. The Kier molecular flexibility index (Phi) is 7.57. The number of rotatable bonds is 9. The van der Waals surface area contributed by atoms with E-state index in [-0.39, 0.29) is 6.04 Å². The first kappa shape index (κ1) is 21.7. The highest BCUT2D eigenvalue weighted by molar-refractivity contribution is 5.50. The molecule has 158 valence electrons. The maximum atomic E-state index is 6.06. The third-order valence-corrected chi connectivity index (χ3v) is 5.98. The molecule has 0 aliphatic carbocycles. The van der Waals surface area contributed by atoms with E-state index in [0.717, 1.165) is 50.7 Å². The van der Waals surface area contributed by atoms with Gasteiger partial charge >= 0.3 is 0 Å². The van der Waals surface area contributed by atoms with E-state index < -0.39 is 0 Å². The molecule has 1 aliphatic rings. The second-order valence-corrected chi connectivity index (χ2v) is 7.78. The summed E-state index contributed by atoms with van der Waals surface area (Å²) in [7, 11) is 0. The van der Waals surface area contributed by atoms with E-state index in [1.807, 2.05) is 6.92 Å². The average Bonchev–Trinajstić information content (AvgIpc) is 2.73. The van der Waals surface area contributed by atoms with Crippen molar-refractivity contribution in [1.29, 1.82) is 0 Å². The number of benzene rings is 2. The first-order valence-electron chi connectivity index (χ1n) is 11.0. The molecule has 2 aromatic rings. The SMILES string of the molecule is CCOc1cc(C)c(C)cc1C1NCCc2cc(OCCN(CC)CC)ccc21. The summed E-state index contributed by atoms with van der Waals surface area (Å²) in [6.07, 6.45) is 1.02. The third kappa shape index (κ3) is 5.12. The van der Waals surface area contributed by atoms with E-state index in [2.05, 4.69) is 68.2 Å². The van der Waals surface area contributed by atoms with Gasteiger partial charge in [0, 0.05) is 18.7 Å². The van der Waals surface area contributed by atoms with Crippen molar-refractivity contribution < 1.29 is 9.47 Å². The molecule has 3 rings (SSSR count). The molecule has 2 aromatic carbocycles. The molecular weight excluding hydrogens is 360 g/mol. The Morgan fingerprint density at radius 2 is 1.72 bits per heavy atom. The van der Waals surface area contributed by atoms with Gasteiger partial charge in [0.05, 0.1) is 12.6 Å². The summed E-state index contributed by atoms with van der Waals surface area (Å²) in [6.45, 7) is 16.2. The van der Waals surface area contributed by atoms with Crippen LogP contribution >= 0.6 is 0 Å². The summed E-state index contributed by atoms with van der Waals surface area (Å²) < 4.78 is 12.0. The lowest BCUT2D eigenvalue weighted by atomic mass is 9.88. The van der Waals surface area contributed by atoms with E-state index in [4.69, 9.17) is 9.47 Å². The fourth-order valence-corrected chi connectivity index (χ4v) is 4.06. The molecule has 1 heterocycles. The zero-order valence-electron chi connectivity index (χ0n) is 18.7. The van der Waals surface area contributed by atoms with Crippen LogP contribution in [0.5, 0.6) is 11.5 Å². The van der Waals surface area contributed by atoms with Crippen LogP contribution in [0.25, 0.3) is 0 Å². The van der Waals surface area contributed by atoms with Gasteiger partial charge in [-0.15, -0.1) is 0 Å². The number of fused-ring (bicyclic) bond motifs is 1. The second-order valence-electron chi connectivity index (χ2n) is 7.78. The number of hydrogen-bond acceptors (Lipinski definition) is 4. The minimum absolute atomic E-state index is 0.157. The topological polar surface area (TPSA) is 33.7 Å². The zero-order valence-corrected chi connectivity index (χ0v) is 18.7. The molecule has 1 atom stereocenters. The van der Waals surface area contributed by atoms with E-state index in [9.17, 15) is 0 Å². The molecule has 1 aliphatic heterocycles. The lowest BCUT2D eigenvalue weighted by Crippen LogP contribution is -2.31. The molecule has 1 N–H and O–H groups in total. The van der Waals surface area contributed by atoms with E-state index in [1.165, 1.54) is 27.8 Å². The summed E-state index contributed by atoms with van der Waals surface area (Å²) in [5.41, 5.74) is 6.50. The first-order valence-corrected chi connectivity index (χ1v) is 11.0. The summed E-state index contributed by atoms with van der Waals surface area (Å²) in [4.78, 5) is 2.38. The minimum Gasteiger partial charge on any atom is -0.494 e. The van der Waals surface area contributed by atoms with Crippen molar-refractivity contribution in [3.63, 3.8) is 0 Å². The van der Waals surface area contributed by atoms with Crippen LogP contribution in [0, 0.1) is 13.8 Å². The fraction of sp³-hybridized carbons (Fsp3) is 0.520. The summed E-state index contributed by atoms with van der Waals surface area (Å²) in [6, 6.07) is 11.2. The largest absolute Gasteiger partial charge is 0.494 e. The average molecular weight is 397 g/mol. The van der Waals surface area contributed by atoms with Crippen molar-refractivity contribution in [1.82, 2.24) is 10.2 Å². The van der Waals surface area contributed by atoms with Gasteiger partial charge in [0.2, 0.25) is 0 Å². The highest BCUT2D eigenvalue weighted by atomic mass is 16.5. The molecular formula is C25H36N2O2. The van der Waals surface area contributed by atoms with E-state index >= 15 is 0 Å². The van der Waals surface area contributed by atoms with Gasteiger partial charge in [-0.25, -0.2) is 0 Å². The predicted octanol–water partition coefficient (Wildman–Crippen LogP) is 4.66. The molecule has 0 bridgehead atoms. The van der Waals surface area contributed by atoms with Gasteiger partial charge in [-0.05, 0) is 80.7 Å². The van der Waals surface area contributed by atoms with Gasteiger partial charge in [-0.3, -0.25) is 0 Å². The number of aryl methyl sites for hydroxylation is 2. The van der Waals surface area contributed by atoms with Crippen molar-refractivity contribution >= 4 is 0 Å². The molecule has 0 spiro atoms. The van der Waals surface area contributed by atoms with Crippen molar-refractivity contribution in [3.05, 3.63) is 58.1 Å². The van der Waals surface area contributed by atoms with Crippen LogP contribution in [0.2, 0.25) is 0 Å². The summed E-state index contributed by atoms with van der Waals surface area (Å²) >= 11 is 0. The molecule has 1 unspecified atom stereocenters. The lowest BCUT2D eigenvalue weighted by Gasteiger charge is -2.29. The monoisotopic (exact) mass is 396 g/mol.